The van der Waals surface area contributed by atoms with E-state index in [2.05, 4.69) is 17.0 Å². The minimum atomic E-state index is 0.634. The van der Waals surface area contributed by atoms with Crippen molar-refractivity contribution in [3.63, 3.8) is 0 Å². The van der Waals surface area contributed by atoms with Gasteiger partial charge in [-0.3, -0.25) is 4.90 Å². The van der Waals surface area contributed by atoms with Gasteiger partial charge in [-0.1, -0.05) is 6.42 Å². The number of hydrogen-bond donors (Lipinski definition) is 0. The lowest BCUT2D eigenvalue weighted by Crippen LogP contribution is -2.35. The summed E-state index contributed by atoms with van der Waals surface area (Å²) in [6, 6.07) is 5.90. The quantitative estimate of drug-likeness (QED) is 0.826. The highest BCUT2D eigenvalue weighted by Gasteiger charge is 2.47. The zero-order chi connectivity index (χ0) is 13.7. The molecule has 2 heterocycles. The minimum absolute atomic E-state index is 0.634. The largest absolute Gasteiger partial charge is 0.493 e. The van der Waals surface area contributed by atoms with Gasteiger partial charge in [0.2, 0.25) is 0 Å². The van der Waals surface area contributed by atoms with Crippen LogP contribution in [0.5, 0.6) is 11.5 Å². The Bertz CT molecular complexity index is 528. The maximum atomic E-state index is 5.50. The van der Waals surface area contributed by atoms with Gasteiger partial charge in [-0.05, 0) is 61.4 Å². The van der Waals surface area contributed by atoms with Crippen LogP contribution in [0.25, 0.3) is 0 Å². The van der Waals surface area contributed by atoms with Crippen LogP contribution < -0.4 is 9.47 Å². The van der Waals surface area contributed by atoms with Gasteiger partial charge in [-0.25, -0.2) is 0 Å². The zero-order valence-corrected chi connectivity index (χ0v) is 12.4. The molecule has 1 aromatic rings. The van der Waals surface area contributed by atoms with E-state index < -0.39 is 0 Å². The summed E-state index contributed by atoms with van der Waals surface area (Å²) in [5, 5.41) is 0. The molecule has 3 nitrogen and oxygen atoms in total. The van der Waals surface area contributed by atoms with E-state index in [4.69, 9.17) is 9.47 Å². The summed E-state index contributed by atoms with van der Waals surface area (Å²) in [7, 11) is 3.45. The molecule has 108 valence electrons. The molecule has 2 fully saturated rings. The van der Waals surface area contributed by atoms with Gasteiger partial charge >= 0.3 is 0 Å². The average molecular weight is 273 g/mol. The van der Waals surface area contributed by atoms with Gasteiger partial charge in [-0.2, -0.15) is 0 Å². The summed E-state index contributed by atoms with van der Waals surface area (Å²) in [6.07, 6.45) is 6.77. The zero-order valence-electron chi connectivity index (χ0n) is 12.4. The molecule has 0 N–H and O–H groups in total. The van der Waals surface area contributed by atoms with Crippen LogP contribution in [0.3, 0.4) is 0 Å². The Labute approximate surface area is 120 Å². The van der Waals surface area contributed by atoms with Crippen LogP contribution >= 0.6 is 0 Å². The Morgan fingerprint density at radius 3 is 2.70 bits per heavy atom. The van der Waals surface area contributed by atoms with Crippen molar-refractivity contribution in [2.45, 2.75) is 44.2 Å². The highest BCUT2D eigenvalue weighted by Crippen LogP contribution is 2.52. The van der Waals surface area contributed by atoms with E-state index in [1.54, 1.807) is 14.2 Å². The number of nitrogens with zero attached hydrogens (tertiary/aromatic N) is 1. The average Bonchev–Trinajstić information content (AvgIpc) is 3.00. The predicted molar refractivity (Wildman–Crippen MR) is 78.4 cm³/mol. The first-order chi connectivity index (χ1) is 9.81. The monoisotopic (exact) mass is 273 g/mol. The first kappa shape index (κ1) is 12.5. The normalized spacial score (nSPS) is 31.6. The third kappa shape index (κ3) is 1.69. The molecule has 2 saturated heterocycles. The number of ether oxygens (including phenoxy) is 2. The van der Waals surface area contributed by atoms with Crippen LogP contribution in [0.1, 0.15) is 42.9 Å². The maximum Gasteiger partial charge on any atom is 0.161 e. The maximum absolute atomic E-state index is 5.50. The molecule has 4 rings (SSSR count). The van der Waals surface area contributed by atoms with Crippen molar-refractivity contribution in [1.82, 2.24) is 4.90 Å². The molecule has 3 atom stereocenters. The fourth-order valence-electron chi connectivity index (χ4n) is 4.69. The molecule has 0 spiro atoms. The number of fused-ring (bicyclic) bond motifs is 5. The lowest BCUT2D eigenvalue weighted by atomic mass is 9.97. The van der Waals surface area contributed by atoms with E-state index in [1.165, 1.54) is 49.8 Å². The van der Waals surface area contributed by atoms with E-state index in [9.17, 15) is 0 Å². The predicted octanol–water partition coefficient (Wildman–Crippen LogP) is 3.18. The lowest BCUT2D eigenvalue weighted by molar-refractivity contribution is 0.145. The van der Waals surface area contributed by atoms with E-state index in [1.807, 2.05) is 0 Å². The summed E-state index contributed by atoms with van der Waals surface area (Å²) in [6.45, 7) is 1.28. The van der Waals surface area contributed by atoms with Gasteiger partial charge in [0.15, 0.2) is 11.5 Å². The molecule has 3 unspecified atom stereocenters. The number of rotatable bonds is 2. The lowest BCUT2D eigenvalue weighted by Gasteiger charge is -2.34. The van der Waals surface area contributed by atoms with Gasteiger partial charge < -0.3 is 9.47 Å². The molecule has 0 amide bonds. The molecular weight excluding hydrogens is 250 g/mol. The van der Waals surface area contributed by atoms with Crippen molar-refractivity contribution in [2.24, 2.45) is 5.92 Å². The number of benzene rings is 1. The number of piperidine rings is 1. The topological polar surface area (TPSA) is 21.7 Å². The number of methoxy groups -OCH3 is 2. The summed E-state index contributed by atoms with van der Waals surface area (Å²) in [4.78, 5) is 2.77. The molecule has 0 radical (unpaired) electrons. The van der Waals surface area contributed by atoms with Crippen molar-refractivity contribution in [1.29, 1.82) is 0 Å². The Hall–Kier alpha value is -1.22. The van der Waals surface area contributed by atoms with E-state index in [-0.39, 0.29) is 0 Å². The highest BCUT2D eigenvalue weighted by molar-refractivity contribution is 5.51. The van der Waals surface area contributed by atoms with Crippen molar-refractivity contribution in [3.05, 3.63) is 23.3 Å². The third-order valence-electron chi connectivity index (χ3n) is 5.50. The van der Waals surface area contributed by atoms with Crippen LogP contribution in [-0.2, 0) is 6.42 Å². The molecule has 0 bridgehead atoms. The Kier molecular flexibility index (Phi) is 2.92. The second-order valence-corrected chi connectivity index (χ2v) is 6.44. The van der Waals surface area contributed by atoms with Crippen LogP contribution in [0.15, 0.2) is 12.1 Å². The van der Waals surface area contributed by atoms with Gasteiger partial charge in [0, 0.05) is 12.1 Å². The summed E-state index contributed by atoms with van der Waals surface area (Å²) in [5.74, 6) is 2.57. The molecule has 1 aromatic carbocycles. The molecular formula is C17H23NO2. The number of hydrogen-bond acceptors (Lipinski definition) is 3. The van der Waals surface area contributed by atoms with E-state index >= 15 is 0 Å². The Balaban J connectivity index is 1.74. The smallest absolute Gasteiger partial charge is 0.161 e. The second kappa shape index (κ2) is 4.66. The Morgan fingerprint density at radius 1 is 1.10 bits per heavy atom. The third-order valence-corrected chi connectivity index (χ3v) is 5.50. The van der Waals surface area contributed by atoms with Crippen LogP contribution in [0.2, 0.25) is 0 Å². The van der Waals surface area contributed by atoms with Crippen molar-refractivity contribution >= 4 is 0 Å². The molecule has 20 heavy (non-hydrogen) atoms. The highest BCUT2D eigenvalue weighted by atomic mass is 16.5. The molecule has 0 saturated carbocycles. The molecule has 3 aliphatic rings. The second-order valence-electron chi connectivity index (χ2n) is 6.44. The summed E-state index contributed by atoms with van der Waals surface area (Å²) >= 11 is 0. The van der Waals surface area contributed by atoms with Gasteiger partial charge in [0.1, 0.15) is 0 Å². The van der Waals surface area contributed by atoms with Gasteiger partial charge in [0.25, 0.3) is 0 Å². The summed E-state index contributed by atoms with van der Waals surface area (Å²) < 4.78 is 11.0. The fraction of sp³-hybridized carbons (Fsp3) is 0.647. The summed E-state index contributed by atoms with van der Waals surface area (Å²) in [5.41, 5.74) is 2.97. The van der Waals surface area contributed by atoms with Crippen molar-refractivity contribution in [3.8, 4) is 11.5 Å². The van der Waals surface area contributed by atoms with E-state index in [0.29, 0.717) is 6.04 Å². The minimum Gasteiger partial charge on any atom is -0.493 e. The van der Waals surface area contributed by atoms with Gasteiger partial charge in [0.05, 0.1) is 14.2 Å². The molecule has 2 aliphatic heterocycles. The standard InChI is InChI=1S/C17H23NO2/c1-19-15-9-11-7-12-8-13-5-3-4-6-18(13)17(12)14(11)10-16(15)20-2/h9-10,12-13,17H,3-8H2,1-2H3. The van der Waals surface area contributed by atoms with Crippen molar-refractivity contribution in [2.75, 3.05) is 20.8 Å². The Morgan fingerprint density at radius 2 is 1.90 bits per heavy atom. The molecule has 3 heteroatoms. The first-order valence-corrected chi connectivity index (χ1v) is 7.82. The van der Waals surface area contributed by atoms with Crippen LogP contribution in [0, 0.1) is 5.92 Å². The van der Waals surface area contributed by atoms with Crippen LogP contribution in [-0.4, -0.2) is 31.7 Å². The fourth-order valence-corrected chi connectivity index (χ4v) is 4.69. The first-order valence-electron chi connectivity index (χ1n) is 7.82. The van der Waals surface area contributed by atoms with Gasteiger partial charge in [-0.15, -0.1) is 0 Å². The van der Waals surface area contributed by atoms with Crippen molar-refractivity contribution < 1.29 is 9.47 Å². The molecule has 1 aliphatic carbocycles. The van der Waals surface area contributed by atoms with Crippen LogP contribution in [0.4, 0.5) is 0 Å². The SMILES string of the molecule is COc1cc2c(cc1OC)C1C(C2)CC2CCCCN21. The van der Waals surface area contributed by atoms with E-state index in [0.717, 1.165) is 23.5 Å². The molecule has 0 aromatic heterocycles.